The van der Waals surface area contributed by atoms with Gasteiger partial charge in [-0.1, -0.05) is 13.0 Å². The summed E-state index contributed by atoms with van der Waals surface area (Å²) in [6.45, 7) is 5.43. The third kappa shape index (κ3) is 3.09. The van der Waals surface area contributed by atoms with Crippen LogP contribution in [0.2, 0.25) is 0 Å². The molecule has 1 saturated carbocycles. The van der Waals surface area contributed by atoms with Gasteiger partial charge in [-0.3, -0.25) is 9.59 Å². The molecular formula is C20H22N2O2S. The van der Waals surface area contributed by atoms with Crippen LogP contribution in [0.4, 0.5) is 5.69 Å². The van der Waals surface area contributed by atoms with Gasteiger partial charge in [-0.25, -0.2) is 0 Å². The minimum absolute atomic E-state index is 0.0465. The number of hydrogen-bond donors (Lipinski definition) is 1. The second kappa shape index (κ2) is 6.30. The summed E-state index contributed by atoms with van der Waals surface area (Å²) in [7, 11) is 0. The van der Waals surface area contributed by atoms with Crippen molar-refractivity contribution in [3.63, 3.8) is 0 Å². The molecule has 0 radical (unpaired) electrons. The van der Waals surface area contributed by atoms with E-state index in [4.69, 9.17) is 0 Å². The molecule has 1 aromatic carbocycles. The second-order valence-corrected chi connectivity index (χ2v) is 8.13. The first-order valence-corrected chi connectivity index (χ1v) is 9.67. The molecule has 2 amide bonds. The van der Waals surface area contributed by atoms with Crippen molar-refractivity contribution in [1.82, 2.24) is 4.90 Å². The van der Waals surface area contributed by atoms with Crippen LogP contribution in [-0.2, 0) is 17.8 Å². The summed E-state index contributed by atoms with van der Waals surface area (Å²) in [4.78, 5) is 28.5. The van der Waals surface area contributed by atoms with E-state index in [2.05, 4.69) is 23.7 Å². The van der Waals surface area contributed by atoms with Crippen LogP contribution >= 0.6 is 11.3 Å². The number of nitrogens with zero attached hydrogens (tertiary/aromatic N) is 1. The lowest BCUT2D eigenvalue weighted by Crippen LogP contribution is -2.35. The first kappa shape index (κ1) is 16.3. The third-order valence-electron chi connectivity index (χ3n) is 5.36. The van der Waals surface area contributed by atoms with Crippen molar-refractivity contribution >= 4 is 28.8 Å². The van der Waals surface area contributed by atoms with E-state index in [-0.39, 0.29) is 17.7 Å². The van der Waals surface area contributed by atoms with Crippen LogP contribution in [-0.4, -0.2) is 23.3 Å². The smallest absolute Gasteiger partial charge is 0.254 e. The Labute approximate surface area is 151 Å². The van der Waals surface area contributed by atoms with Gasteiger partial charge in [0.05, 0.1) is 0 Å². The van der Waals surface area contributed by atoms with E-state index < -0.39 is 0 Å². The van der Waals surface area contributed by atoms with Gasteiger partial charge in [-0.05, 0) is 60.4 Å². The van der Waals surface area contributed by atoms with Crippen molar-refractivity contribution in [2.24, 2.45) is 11.8 Å². The van der Waals surface area contributed by atoms with Gasteiger partial charge in [0.2, 0.25) is 5.91 Å². The summed E-state index contributed by atoms with van der Waals surface area (Å²) in [5, 5.41) is 5.10. The third-order valence-corrected chi connectivity index (χ3v) is 6.39. The van der Waals surface area contributed by atoms with Crippen LogP contribution in [0, 0.1) is 18.8 Å². The Morgan fingerprint density at radius 3 is 2.84 bits per heavy atom. The van der Waals surface area contributed by atoms with Gasteiger partial charge in [0, 0.05) is 35.1 Å². The van der Waals surface area contributed by atoms with Gasteiger partial charge in [0.1, 0.15) is 0 Å². The number of thiophene rings is 1. The van der Waals surface area contributed by atoms with Gasteiger partial charge >= 0.3 is 0 Å². The van der Waals surface area contributed by atoms with Gasteiger partial charge < -0.3 is 10.2 Å². The SMILES string of the molecule is Cc1c(NC(=O)[C@@H]2C[C@H]2C)cccc1C(=O)N1CCc2sccc2C1. The lowest BCUT2D eigenvalue weighted by molar-refractivity contribution is -0.117. The molecule has 2 aromatic rings. The van der Waals surface area contributed by atoms with Crippen molar-refractivity contribution in [1.29, 1.82) is 0 Å². The zero-order valence-electron chi connectivity index (χ0n) is 14.5. The molecule has 5 heteroatoms. The highest BCUT2D eigenvalue weighted by Gasteiger charge is 2.39. The van der Waals surface area contributed by atoms with Crippen LogP contribution in [0.15, 0.2) is 29.6 Å². The monoisotopic (exact) mass is 354 g/mol. The number of amides is 2. The van der Waals surface area contributed by atoms with Crippen LogP contribution in [0.25, 0.3) is 0 Å². The number of rotatable bonds is 3. The fourth-order valence-corrected chi connectivity index (χ4v) is 4.40. The van der Waals surface area contributed by atoms with Gasteiger partial charge in [0.25, 0.3) is 5.91 Å². The minimum atomic E-state index is 0.0465. The predicted molar refractivity (Wildman–Crippen MR) is 99.8 cm³/mol. The molecule has 1 aromatic heterocycles. The maximum atomic E-state index is 13.0. The summed E-state index contributed by atoms with van der Waals surface area (Å²) >= 11 is 1.77. The number of fused-ring (bicyclic) bond motifs is 1. The van der Waals surface area contributed by atoms with Crippen molar-refractivity contribution in [3.8, 4) is 0 Å². The highest BCUT2D eigenvalue weighted by molar-refractivity contribution is 7.10. The molecule has 2 heterocycles. The first-order valence-electron chi connectivity index (χ1n) is 8.79. The second-order valence-electron chi connectivity index (χ2n) is 7.13. The molecule has 1 N–H and O–H groups in total. The van der Waals surface area contributed by atoms with Crippen LogP contribution in [0.1, 0.15) is 39.7 Å². The number of benzene rings is 1. The van der Waals surface area contributed by atoms with E-state index in [1.165, 1.54) is 10.4 Å². The fourth-order valence-electron chi connectivity index (χ4n) is 3.51. The summed E-state index contributed by atoms with van der Waals surface area (Å²) < 4.78 is 0. The molecule has 130 valence electrons. The number of carbonyl (C=O) groups is 2. The van der Waals surface area contributed by atoms with Gasteiger partial charge in [-0.2, -0.15) is 0 Å². The fraction of sp³-hybridized carbons (Fsp3) is 0.400. The predicted octanol–water partition coefficient (Wildman–Crippen LogP) is 3.85. The summed E-state index contributed by atoms with van der Waals surface area (Å²) in [6, 6.07) is 7.70. The first-order chi connectivity index (χ1) is 12.0. The normalized spacial score (nSPS) is 21.6. The molecular weight excluding hydrogens is 332 g/mol. The Balaban J connectivity index is 1.53. The molecule has 0 spiro atoms. The summed E-state index contributed by atoms with van der Waals surface area (Å²) in [5.41, 5.74) is 3.54. The quantitative estimate of drug-likeness (QED) is 0.910. The van der Waals surface area contributed by atoms with E-state index in [9.17, 15) is 9.59 Å². The molecule has 4 rings (SSSR count). The van der Waals surface area contributed by atoms with E-state index in [0.29, 0.717) is 18.0 Å². The average Bonchev–Trinajstić information content (AvgIpc) is 3.16. The van der Waals surface area contributed by atoms with Crippen LogP contribution in [0.5, 0.6) is 0 Å². The molecule has 2 aliphatic rings. The van der Waals surface area contributed by atoms with Crippen LogP contribution in [0.3, 0.4) is 0 Å². The molecule has 1 fully saturated rings. The maximum Gasteiger partial charge on any atom is 0.254 e. The topological polar surface area (TPSA) is 49.4 Å². The van der Waals surface area contributed by atoms with Crippen molar-refractivity contribution in [2.45, 2.75) is 33.2 Å². The Bertz CT molecular complexity index is 842. The summed E-state index contributed by atoms with van der Waals surface area (Å²) in [5.74, 6) is 0.711. The molecule has 0 bridgehead atoms. The standard InChI is InChI=1S/C20H22N2O2S/c1-12-10-16(12)19(23)21-17-5-3-4-15(13(17)2)20(24)22-8-6-18-14(11-22)7-9-25-18/h3-5,7,9,12,16H,6,8,10-11H2,1-2H3,(H,21,23)/t12-,16-/m1/s1. The highest BCUT2D eigenvalue weighted by Crippen LogP contribution is 2.38. The lowest BCUT2D eigenvalue weighted by Gasteiger charge is -2.28. The molecule has 4 nitrogen and oxygen atoms in total. The zero-order valence-corrected chi connectivity index (χ0v) is 15.4. The Hall–Kier alpha value is -2.14. The summed E-state index contributed by atoms with van der Waals surface area (Å²) in [6.07, 6.45) is 1.88. The molecule has 25 heavy (non-hydrogen) atoms. The number of hydrogen-bond acceptors (Lipinski definition) is 3. The van der Waals surface area contributed by atoms with E-state index in [1.807, 2.05) is 30.0 Å². The number of carbonyl (C=O) groups excluding carboxylic acids is 2. The minimum Gasteiger partial charge on any atom is -0.334 e. The number of nitrogens with one attached hydrogen (secondary N) is 1. The van der Waals surface area contributed by atoms with Gasteiger partial charge in [-0.15, -0.1) is 11.3 Å². The molecule has 2 atom stereocenters. The Morgan fingerprint density at radius 2 is 2.08 bits per heavy atom. The maximum absolute atomic E-state index is 13.0. The van der Waals surface area contributed by atoms with Crippen molar-refractivity contribution < 1.29 is 9.59 Å². The Morgan fingerprint density at radius 1 is 1.28 bits per heavy atom. The number of anilines is 1. The molecule has 0 saturated heterocycles. The van der Waals surface area contributed by atoms with E-state index in [1.54, 1.807) is 11.3 Å². The van der Waals surface area contributed by atoms with Crippen molar-refractivity contribution in [3.05, 3.63) is 51.2 Å². The Kier molecular flexibility index (Phi) is 4.12. The lowest BCUT2D eigenvalue weighted by atomic mass is 10.0. The molecule has 1 aliphatic heterocycles. The van der Waals surface area contributed by atoms with E-state index in [0.717, 1.165) is 30.6 Å². The van der Waals surface area contributed by atoms with Crippen molar-refractivity contribution in [2.75, 3.05) is 11.9 Å². The highest BCUT2D eigenvalue weighted by atomic mass is 32.1. The average molecular weight is 354 g/mol. The molecule has 1 aliphatic carbocycles. The molecule has 0 unspecified atom stereocenters. The van der Waals surface area contributed by atoms with E-state index >= 15 is 0 Å². The largest absolute Gasteiger partial charge is 0.334 e. The zero-order chi connectivity index (χ0) is 17.6. The van der Waals surface area contributed by atoms with Crippen LogP contribution < -0.4 is 5.32 Å². The van der Waals surface area contributed by atoms with Gasteiger partial charge in [0.15, 0.2) is 0 Å².